The van der Waals surface area contributed by atoms with Crippen LogP contribution in [0, 0.1) is 0 Å². The number of aromatic nitrogens is 2. The van der Waals surface area contributed by atoms with E-state index in [1.165, 1.54) is 4.57 Å². The van der Waals surface area contributed by atoms with Crippen molar-refractivity contribution in [3.8, 4) is 0 Å². The summed E-state index contributed by atoms with van der Waals surface area (Å²) < 4.78 is 1.30. The third-order valence-electron chi connectivity index (χ3n) is 5.88. The normalized spacial score (nSPS) is 22.0. The van der Waals surface area contributed by atoms with Gasteiger partial charge in [0.05, 0.1) is 16.6 Å². The van der Waals surface area contributed by atoms with Gasteiger partial charge < -0.3 is 15.7 Å². The minimum atomic E-state index is -1.95. The molecule has 8 nitrogen and oxygen atoms in total. The fraction of sp³-hybridized carbons (Fsp3) is 0.217. The molecule has 2 aromatic carbocycles. The molecule has 0 spiro atoms. The molecule has 3 N–H and O–H groups in total. The topological polar surface area (TPSA) is 113 Å². The Balaban J connectivity index is 1.73. The zero-order valence-electron chi connectivity index (χ0n) is 17.0. The van der Waals surface area contributed by atoms with Gasteiger partial charge in [-0.15, -0.1) is 0 Å². The smallest absolute Gasteiger partial charge is 0.262 e. The third kappa shape index (κ3) is 2.72. The van der Waals surface area contributed by atoms with E-state index in [1.807, 2.05) is 13.8 Å². The summed E-state index contributed by atoms with van der Waals surface area (Å²) in [4.78, 5) is 43.9. The molecule has 0 fully saturated rings. The maximum absolute atomic E-state index is 13.4. The van der Waals surface area contributed by atoms with E-state index in [0.717, 1.165) is 5.57 Å². The van der Waals surface area contributed by atoms with Crippen molar-refractivity contribution in [2.75, 3.05) is 5.32 Å². The Kier molecular flexibility index (Phi) is 4.10. The lowest BCUT2D eigenvalue weighted by molar-refractivity contribution is -0.137. The van der Waals surface area contributed by atoms with Gasteiger partial charge >= 0.3 is 0 Å². The number of rotatable bonds is 2. The highest BCUT2D eigenvalue weighted by molar-refractivity contribution is 6.05. The van der Waals surface area contributed by atoms with Gasteiger partial charge in [0.1, 0.15) is 6.04 Å². The SMILES string of the molecule is CC(C)=C1NC(=O)C(CC2(O)C(=O)Nc3ccccc32)n2c1nc1ccccc1c2=O. The molecule has 2 aliphatic rings. The van der Waals surface area contributed by atoms with E-state index in [2.05, 4.69) is 15.6 Å². The second-order valence-corrected chi connectivity index (χ2v) is 8.07. The number of nitrogens with one attached hydrogen (secondary N) is 2. The molecule has 5 rings (SSSR count). The molecular weight excluding hydrogens is 396 g/mol. The van der Waals surface area contributed by atoms with Crippen molar-refractivity contribution in [2.24, 2.45) is 0 Å². The van der Waals surface area contributed by atoms with Crippen LogP contribution in [0.5, 0.6) is 0 Å². The van der Waals surface area contributed by atoms with Crippen LogP contribution in [0.2, 0.25) is 0 Å². The van der Waals surface area contributed by atoms with Crippen molar-refractivity contribution in [3.05, 3.63) is 75.8 Å². The number of aliphatic hydroxyl groups is 1. The molecule has 2 atom stereocenters. The van der Waals surface area contributed by atoms with Crippen molar-refractivity contribution >= 4 is 34.1 Å². The van der Waals surface area contributed by atoms with E-state index in [1.54, 1.807) is 48.5 Å². The fourth-order valence-corrected chi connectivity index (χ4v) is 4.31. The standard InChI is InChI=1S/C23H20N4O4/c1-12(2)18-19-24-15-9-5-3-7-13(15)21(29)27(19)17(20(28)26-18)11-23(31)14-8-4-6-10-16(14)25-22(23)30/h3-10,17,31H,11H2,1-2H3,(H,25,30)(H,26,28). The Morgan fingerprint density at radius 1 is 1.06 bits per heavy atom. The van der Waals surface area contributed by atoms with Crippen LogP contribution in [0.25, 0.3) is 16.6 Å². The van der Waals surface area contributed by atoms with Gasteiger partial charge in [-0.25, -0.2) is 4.98 Å². The largest absolute Gasteiger partial charge is 0.375 e. The van der Waals surface area contributed by atoms with Gasteiger partial charge in [0.25, 0.3) is 11.5 Å². The fourth-order valence-electron chi connectivity index (χ4n) is 4.31. The quantitative estimate of drug-likeness (QED) is 0.592. The van der Waals surface area contributed by atoms with E-state index >= 15 is 0 Å². The van der Waals surface area contributed by atoms with Gasteiger partial charge in [0.15, 0.2) is 11.4 Å². The van der Waals surface area contributed by atoms with E-state index in [9.17, 15) is 19.5 Å². The Morgan fingerprint density at radius 2 is 1.77 bits per heavy atom. The molecule has 0 radical (unpaired) electrons. The summed E-state index contributed by atoms with van der Waals surface area (Å²) in [6, 6.07) is 12.6. The third-order valence-corrected chi connectivity index (χ3v) is 5.88. The number of allylic oxidation sites excluding steroid dienone is 1. The molecule has 0 aliphatic carbocycles. The number of para-hydroxylation sites is 2. The molecule has 31 heavy (non-hydrogen) atoms. The lowest BCUT2D eigenvalue weighted by Crippen LogP contribution is -2.48. The highest BCUT2D eigenvalue weighted by Crippen LogP contribution is 2.42. The molecule has 3 aromatic rings. The minimum absolute atomic E-state index is 0.301. The zero-order chi connectivity index (χ0) is 21.9. The van der Waals surface area contributed by atoms with Gasteiger partial charge in [0, 0.05) is 17.7 Å². The first kappa shape index (κ1) is 19.2. The molecule has 0 saturated heterocycles. The highest BCUT2D eigenvalue weighted by atomic mass is 16.3. The van der Waals surface area contributed by atoms with Crippen molar-refractivity contribution in [3.63, 3.8) is 0 Å². The predicted molar refractivity (Wildman–Crippen MR) is 115 cm³/mol. The number of nitrogens with zero attached hydrogens (tertiary/aromatic N) is 2. The first-order valence-electron chi connectivity index (χ1n) is 9.94. The monoisotopic (exact) mass is 416 g/mol. The molecule has 2 amide bonds. The molecule has 0 saturated carbocycles. The minimum Gasteiger partial charge on any atom is -0.375 e. The summed E-state index contributed by atoms with van der Waals surface area (Å²) in [7, 11) is 0. The predicted octanol–water partition coefficient (Wildman–Crippen LogP) is 2.05. The first-order chi connectivity index (χ1) is 14.8. The van der Waals surface area contributed by atoms with E-state index in [0.29, 0.717) is 33.7 Å². The lowest BCUT2D eigenvalue weighted by atomic mass is 9.87. The molecular formula is C23H20N4O4. The van der Waals surface area contributed by atoms with Crippen LogP contribution >= 0.6 is 0 Å². The average molecular weight is 416 g/mol. The van der Waals surface area contributed by atoms with Gasteiger partial charge in [-0.3, -0.25) is 19.0 Å². The van der Waals surface area contributed by atoms with Gasteiger partial charge in [-0.1, -0.05) is 30.3 Å². The molecule has 8 heteroatoms. The second-order valence-electron chi connectivity index (χ2n) is 8.07. The first-order valence-corrected chi connectivity index (χ1v) is 9.94. The summed E-state index contributed by atoms with van der Waals surface area (Å²) in [5.41, 5.74) is 0.260. The molecule has 156 valence electrons. The maximum atomic E-state index is 13.4. The Bertz CT molecular complexity index is 1370. The summed E-state index contributed by atoms with van der Waals surface area (Å²) in [5, 5.41) is 17.2. The van der Waals surface area contributed by atoms with Crippen LogP contribution in [0.15, 0.2) is 58.9 Å². The van der Waals surface area contributed by atoms with Crippen LogP contribution in [0.1, 0.15) is 37.7 Å². The molecule has 2 aliphatic heterocycles. The van der Waals surface area contributed by atoms with E-state index < -0.39 is 29.0 Å². The summed E-state index contributed by atoms with van der Waals surface area (Å²) in [5.74, 6) is -0.796. The molecule has 2 unspecified atom stereocenters. The lowest BCUT2D eigenvalue weighted by Gasteiger charge is -2.33. The molecule has 0 bridgehead atoms. The van der Waals surface area contributed by atoms with Crippen molar-refractivity contribution < 1.29 is 14.7 Å². The number of carbonyl (C=O) groups is 2. The van der Waals surface area contributed by atoms with E-state index in [4.69, 9.17) is 0 Å². The van der Waals surface area contributed by atoms with E-state index in [-0.39, 0.29) is 6.42 Å². The second kappa shape index (κ2) is 6.61. The Labute approximate surface area is 177 Å². The summed E-state index contributed by atoms with van der Waals surface area (Å²) >= 11 is 0. The van der Waals surface area contributed by atoms with Gasteiger partial charge in [0.2, 0.25) is 5.91 Å². The number of fused-ring (bicyclic) bond motifs is 3. The summed E-state index contributed by atoms with van der Waals surface area (Å²) in [6.07, 6.45) is -0.301. The zero-order valence-corrected chi connectivity index (χ0v) is 17.0. The Hall–Kier alpha value is -3.78. The number of hydrogen-bond donors (Lipinski definition) is 3. The average Bonchev–Trinajstić information content (AvgIpc) is 3.00. The number of anilines is 1. The maximum Gasteiger partial charge on any atom is 0.262 e. The number of carbonyl (C=O) groups excluding carboxylic acids is 2. The highest BCUT2D eigenvalue weighted by Gasteiger charge is 2.49. The van der Waals surface area contributed by atoms with Crippen molar-refractivity contribution in [2.45, 2.75) is 31.9 Å². The van der Waals surface area contributed by atoms with Crippen LogP contribution in [0.4, 0.5) is 5.69 Å². The van der Waals surface area contributed by atoms with Crippen LogP contribution in [0.3, 0.4) is 0 Å². The number of amides is 2. The van der Waals surface area contributed by atoms with Crippen molar-refractivity contribution in [1.29, 1.82) is 0 Å². The van der Waals surface area contributed by atoms with Crippen molar-refractivity contribution in [1.82, 2.24) is 14.9 Å². The van der Waals surface area contributed by atoms with Crippen LogP contribution < -0.4 is 16.2 Å². The Morgan fingerprint density at radius 3 is 2.55 bits per heavy atom. The van der Waals surface area contributed by atoms with Gasteiger partial charge in [-0.05, 0) is 37.6 Å². The van der Waals surface area contributed by atoms with Gasteiger partial charge in [-0.2, -0.15) is 0 Å². The number of hydrogen-bond acceptors (Lipinski definition) is 5. The molecule has 1 aromatic heterocycles. The molecule has 3 heterocycles. The van der Waals surface area contributed by atoms with Crippen LogP contribution in [-0.4, -0.2) is 26.5 Å². The number of benzene rings is 2. The van der Waals surface area contributed by atoms with Crippen LogP contribution in [-0.2, 0) is 15.2 Å². The summed E-state index contributed by atoms with van der Waals surface area (Å²) in [6.45, 7) is 3.63.